The van der Waals surface area contributed by atoms with Crippen molar-refractivity contribution in [3.63, 3.8) is 0 Å². The van der Waals surface area contributed by atoms with Gasteiger partial charge in [0.05, 0.1) is 18.8 Å². The number of likely N-dealkylation sites (N-methyl/N-ethyl adjacent to an activating group) is 1. The second kappa shape index (κ2) is 14.4. The van der Waals surface area contributed by atoms with E-state index < -0.39 is 0 Å². The lowest BCUT2D eigenvalue weighted by Gasteiger charge is -2.29. The highest BCUT2D eigenvalue weighted by Crippen LogP contribution is 2.20. The van der Waals surface area contributed by atoms with Crippen LogP contribution in [0.5, 0.6) is 0 Å². The minimum absolute atomic E-state index is 0. The highest BCUT2D eigenvalue weighted by molar-refractivity contribution is 14.0. The van der Waals surface area contributed by atoms with Crippen molar-refractivity contribution in [1.82, 2.24) is 25.7 Å². The molecule has 1 aromatic carbocycles. The molecule has 0 saturated heterocycles. The monoisotopic (exact) mass is 512 g/mol. The van der Waals surface area contributed by atoms with Gasteiger partial charge in [-0.2, -0.15) is 5.10 Å². The van der Waals surface area contributed by atoms with E-state index in [1.807, 2.05) is 6.20 Å². The van der Waals surface area contributed by atoms with Crippen LogP contribution in [0.1, 0.15) is 50.1 Å². The summed E-state index contributed by atoms with van der Waals surface area (Å²) in [6.07, 6.45) is 3.98. The van der Waals surface area contributed by atoms with E-state index in [0.717, 1.165) is 57.2 Å². The van der Waals surface area contributed by atoms with E-state index in [4.69, 9.17) is 4.99 Å². The fourth-order valence-corrected chi connectivity index (χ4v) is 3.40. The zero-order valence-electron chi connectivity index (χ0n) is 18.2. The molecule has 0 fully saturated rings. The topological polar surface area (TPSA) is 68.3 Å². The summed E-state index contributed by atoms with van der Waals surface area (Å²) in [5.41, 5.74) is 3.76. The molecule has 0 aliphatic heterocycles. The van der Waals surface area contributed by atoms with Crippen molar-refractivity contribution in [3.05, 3.63) is 53.3 Å². The number of hydrogen-bond acceptors (Lipinski definition) is 3. The average molecular weight is 512 g/mol. The molecular weight excluding hydrogens is 475 g/mol. The quantitative estimate of drug-likeness (QED) is 0.185. The van der Waals surface area contributed by atoms with Crippen molar-refractivity contribution < 1.29 is 0 Å². The van der Waals surface area contributed by atoms with Crippen LogP contribution in [-0.2, 0) is 6.42 Å². The Labute approximate surface area is 193 Å². The molecule has 29 heavy (non-hydrogen) atoms. The van der Waals surface area contributed by atoms with E-state index in [2.05, 4.69) is 83.8 Å². The first-order valence-electron chi connectivity index (χ1n) is 10.5. The lowest BCUT2D eigenvalue weighted by molar-refractivity contribution is 0.224. The van der Waals surface area contributed by atoms with Crippen LogP contribution in [0.25, 0.3) is 0 Å². The Balaban J connectivity index is 0.00000420. The second-order valence-electron chi connectivity index (χ2n) is 6.92. The van der Waals surface area contributed by atoms with Crippen LogP contribution in [0, 0.1) is 6.92 Å². The van der Waals surface area contributed by atoms with E-state index in [-0.39, 0.29) is 24.0 Å². The summed E-state index contributed by atoms with van der Waals surface area (Å²) in [6, 6.07) is 11.0. The molecule has 0 radical (unpaired) electrons. The molecule has 7 heteroatoms. The van der Waals surface area contributed by atoms with Gasteiger partial charge in [-0.3, -0.25) is 15.0 Å². The number of halogens is 1. The van der Waals surface area contributed by atoms with E-state index in [1.165, 1.54) is 11.1 Å². The zero-order chi connectivity index (χ0) is 20.2. The summed E-state index contributed by atoms with van der Waals surface area (Å²) in [7, 11) is 0. The smallest absolute Gasteiger partial charge is 0.191 e. The van der Waals surface area contributed by atoms with Crippen molar-refractivity contribution in [3.8, 4) is 0 Å². The van der Waals surface area contributed by atoms with Gasteiger partial charge in [0.25, 0.3) is 0 Å². The molecule has 1 unspecified atom stereocenters. The zero-order valence-corrected chi connectivity index (χ0v) is 20.6. The van der Waals surface area contributed by atoms with Crippen LogP contribution >= 0.6 is 24.0 Å². The number of aromatic nitrogens is 2. The third-order valence-corrected chi connectivity index (χ3v) is 5.05. The molecule has 0 saturated carbocycles. The molecule has 3 N–H and O–H groups in total. The minimum Gasteiger partial charge on any atom is -0.357 e. The van der Waals surface area contributed by atoms with Crippen LogP contribution in [0.2, 0.25) is 0 Å². The number of aromatic amines is 1. The van der Waals surface area contributed by atoms with Gasteiger partial charge >= 0.3 is 0 Å². The number of nitrogens with one attached hydrogen (secondary N) is 3. The minimum atomic E-state index is 0. The van der Waals surface area contributed by atoms with Crippen molar-refractivity contribution in [2.45, 2.75) is 46.6 Å². The molecule has 0 spiro atoms. The number of guanidine groups is 1. The van der Waals surface area contributed by atoms with Gasteiger partial charge < -0.3 is 10.6 Å². The molecule has 1 aromatic heterocycles. The van der Waals surface area contributed by atoms with Gasteiger partial charge in [0.1, 0.15) is 0 Å². The molecule has 1 atom stereocenters. The van der Waals surface area contributed by atoms with Gasteiger partial charge in [-0.1, -0.05) is 44.2 Å². The molecule has 1 heterocycles. The van der Waals surface area contributed by atoms with Crippen LogP contribution in [0.3, 0.4) is 0 Å². The third-order valence-electron chi connectivity index (χ3n) is 5.05. The Morgan fingerprint density at radius 2 is 1.86 bits per heavy atom. The summed E-state index contributed by atoms with van der Waals surface area (Å²) >= 11 is 0. The molecule has 6 nitrogen and oxygen atoms in total. The average Bonchev–Trinajstić information content (AvgIpc) is 3.13. The maximum atomic E-state index is 4.89. The number of aryl methyl sites for hydroxylation is 2. The molecule has 2 aromatic rings. The van der Waals surface area contributed by atoms with Crippen LogP contribution in [0.15, 0.2) is 41.5 Å². The van der Waals surface area contributed by atoms with Crippen molar-refractivity contribution >= 4 is 29.9 Å². The van der Waals surface area contributed by atoms with Gasteiger partial charge in [0, 0.05) is 18.8 Å². The Hall–Kier alpha value is -1.61. The van der Waals surface area contributed by atoms with Gasteiger partial charge in [0.2, 0.25) is 0 Å². The molecule has 0 aliphatic rings. The molecular formula is C22H37IN6. The third kappa shape index (κ3) is 8.34. The number of aliphatic imine (C=N–C) groups is 1. The predicted molar refractivity (Wildman–Crippen MR) is 133 cm³/mol. The molecule has 162 valence electrons. The second-order valence-corrected chi connectivity index (χ2v) is 6.92. The Bertz CT molecular complexity index is 696. The first kappa shape index (κ1) is 25.4. The first-order chi connectivity index (χ1) is 13.7. The molecule has 0 amide bonds. The number of H-pyrrole nitrogens is 1. The van der Waals surface area contributed by atoms with Crippen molar-refractivity contribution in [1.29, 1.82) is 0 Å². The largest absolute Gasteiger partial charge is 0.357 e. The van der Waals surface area contributed by atoms with E-state index >= 15 is 0 Å². The van der Waals surface area contributed by atoms with Crippen molar-refractivity contribution in [2.75, 3.05) is 32.7 Å². The highest BCUT2D eigenvalue weighted by Gasteiger charge is 2.17. The van der Waals surface area contributed by atoms with Gasteiger partial charge in [-0.15, -0.1) is 24.0 Å². The molecule has 0 bridgehead atoms. The van der Waals surface area contributed by atoms with Crippen molar-refractivity contribution in [2.24, 2.45) is 4.99 Å². The Kier molecular flexibility index (Phi) is 12.6. The fraction of sp³-hybridized carbons (Fsp3) is 0.545. The SMILES string of the molecule is CCNC(=NCC(c1ccccc1)N(CC)CC)NCCCc1cn[nH]c1C.I. The number of hydrogen-bond donors (Lipinski definition) is 3. The van der Waals surface area contributed by atoms with Crippen LogP contribution < -0.4 is 10.6 Å². The van der Waals surface area contributed by atoms with E-state index in [1.54, 1.807) is 0 Å². The number of benzene rings is 1. The summed E-state index contributed by atoms with van der Waals surface area (Å²) in [5.74, 6) is 0.888. The lowest BCUT2D eigenvalue weighted by Crippen LogP contribution is -2.39. The van der Waals surface area contributed by atoms with Gasteiger partial charge in [-0.05, 0) is 50.9 Å². The maximum absolute atomic E-state index is 4.89. The summed E-state index contributed by atoms with van der Waals surface area (Å²) < 4.78 is 0. The number of nitrogens with zero attached hydrogens (tertiary/aromatic N) is 3. The standard InChI is InChI=1S/C22H36N6.HI/c1-5-23-22(24-15-11-14-20-16-26-27-18(20)4)25-17-21(28(6-2)7-3)19-12-9-8-10-13-19;/h8-10,12-13,16,21H,5-7,11,14-15,17H2,1-4H3,(H,26,27)(H2,23,24,25);1H. The Morgan fingerprint density at radius 1 is 1.14 bits per heavy atom. The fourth-order valence-electron chi connectivity index (χ4n) is 3.40. The summed E-state index contributed by atoms with van der Waals surface area (Å²) in [6.45, 7) is 13.1. The maximum Gasteiger partial charge on any atom is 0.191 e. The highest BCUT2D eigenvalue weighted by atomic mass is 127. The first-order valence-corrected chi connectivity index (χ1v) is 10.5. The molecule has 2 rings (SSSR count). The summed E-state index contributed by atoms with van der Waals surface area (Å²) in [4.78, 5) is 7.36. The van der Waals surface area contributed by atoms with Crippen LogP contribution in [0.4, 0.5) is 0 Å². The van der Waals surface area contributed by atoms with E-state index in [0.29, 0.717) is 6.04 Å². The number of rotatable bonds is 11. The van der Waals surface area contributed by atoms with Crippen LogP contribution in [-0.4, -0.2) is 53.8 Å². The molecule has 0 aliphatic carbocycles. The lowest BCUT2D eigenvalue weighted by atomic mass is 10.1. The Morgan fingerprint density at radius 3 is 2.45 bits per heavy atom. The van der Waals surface area contributed by atoms with E-state index in [9.17, 15) is 0 Å². The van der Waals surface area contributed by atoms with Gasteiger partial charge in [-0.25, -0.2) is 0 Å². The normalized spacial score (nSPS) is 12.5. The van der Waals surface area contributed by atoms with Gasteiger partial charge in [0.15, 0.2) is 5.96 Å². The summed E-state index contributed by atoms with van der Waals surface area (Å²) in [5, 5.41) is 13.9. The predicted octanol–water partition coefficient (Wildman–Crippen LogP) is 3.91.